The lowest BCUT2D eigenvalue weighted by Crippen LogP contribution is -2.46. The van der Waals surface area contributed by atoms with Gasteiger partial charge in [0.2, 0.25) is 0 Å². The summed E-state index contributed by atoms with van der Waals surface area (Å²) in [5.41, 5.74) is 0.674. The summed E-state index contributed by atoms with van der Waals surface area (Å²) in [6, 6.07) is 3.85. The predicted molar refractivity (Wildman–Crippen MR) is 113 cm³/mol. The average Bonchev–Trinajstić information content (AvgIpc) is 2.69. The Bertz CT molecular complexity index is 1210. The van der Waals surface area contributed by atoms with E-state index in [4.69, 9.17) is 4.74 Å². The third kappa shape index (κ3) is 4.90. The highest BCUT2D eigenvalue weighted by Crippen LogP contribution is 2.36. The molecule has 2 aromatic heterocycles. The van der Waals surface area contributed by atoms with Crippen molar-refractivity contribution in [1.29, 1.82) is 0 Å². The van der Waals surface area contributed by atoms with Gasteiger partial charge < -0.3 is 29.3 Å². The van der Waals surface area contributed by atoms with Crippen molar-refractivity contribution in [2.24, 2.45) is 13.0 Å². The van der Waals surface area contributed by atoms with Crippen LogP contribution in [0.3, 0.4) is 0 Å². The van der Waals surface area contributed by atoms with Gasteiger partial charge in [-0.3, -0.25) is 9.78 Å². The molecule has 3 rings (SSSR count). The first-order valence-corrected chi connectivity index (χ1v) is 10.1. The van der Waals surface area contributed by atoms with Gasteiger partial charge in [0.15, 0.2) is 11.5 Å². The summed E-state index contributed by atoms with van der Waals surface area (Å²) in [5, 5.41) is 14.7. The number of carbonyl (C=O) groups excluding carboxylic acids is 1. The summed E-state index contributed by atoms with van der Waals surface area (Å²) < 4.78 is 38.0. The van der Waals surface area contributed by atoms with Crippen LogP contribution in [0.5, 0.6) is 11.5 Å². The van der Waals surface area contributed by atoms with Gasteiger partial charge in [-0.1, -0.05) is 13.8 Å². The topological polar surface area (TPSA) is 106 Å². The maximum absolute atomic E-state index is 13.1. The van der Waals surface area contributed by atoms with Crippen LogP contribution in [0.4, 0.5) is 13.6 Å². The number of fused-ring (bicyclic) bond motifs is 3. The average molecular weight is 448 g/mol. The summed E-state index contributed by atoms with van der Waals surface area (Å²) >= 11 is 0. The maximum atomic E-state index is 13.1. The van der Waals surface area contributed by atoms with E-state index in [0.717, 1.165) is 0 Å². The van der Waals surface area contributed by atoms with E-state index in [1.54, 1.807) is 20.0 Å². The molecule has 1 unspecified atom stereocenters. The van der Waals surface area contributed by atoms with Gasteiger partial charge in [-0.05, 0) is 31.4 Å². The Morgan fingerprint density at radius 3 is 2.59 bits per heavy atom. The van der Waals surface area contributed by atoms with Crippen molar-refractivity contribution in [1.82, 2.24) is 14.9 Å². The molecule has 0 radical (unpaired) electrons. The second-order valence-corrected chi connectivity index (χ2v) is 7.95. The van der Waals surface area contributed by atoms with E-state index in [9.17, 15) is 23.5 Å². The number of alkyl halides is 2. The molecule has 0 saturated heterocycles. The highest BCUT2D eigenvalue weighted by molar-refractivity contribution is 6.07. The Hall–Kier alpha value is -3.43. The molecule has 0 spiro atoms. The fourth-order valence-electron chi connectivity index (χ4n) is 3.78. The summed E-state index contributed by atoms with van der Waals surface area (Å²) in [6.45, 7) is 2.27. The van der Waals surface area contributed by atoms with Crippen LogP contribution in [-0.2, 0) is 7.05 Å². The monoisotopic (exact) mass is 448 g/mol. The molecule has 8 nitrogen and oxygen atoms in total. The predicted octanol–water partition coefficient (Wildman–Crippen LogP) is 2.72. The first-order valence-electron chi connectivity index (χ1n) is 10.1. The van der Waals surface area contributed by atoms with E-state index >= 15 is 0 Å². The lowest BCUT2D eigenvalue weighted by molar-refractivity contribution is -0.252. The molecule has 32 heavy (non-hydrogen) atoms. The summed E-state index contributed by atoms with van der Waals surface area (Å²) in [4.78, 5) is 28.0. The zero-order valence-electron chi connectivity index (χ0n) is 18.1. The number of halogens is 2. The second-order valence-electron chi connectivity index (χ2n) is 7.95. The normalized spacial score (nSPS) is 12.5. The minimum absolute atomic E-state index is 0.0353. The van der Waals surface area contributed by atoms with Crippen molar-refractivity contribution < 1.29 is 28.2 Å². The number of aromatic nitrogens is 2. The Balaban J connectivity index is 2.13. The Morgan fingerprint density at radius 2 is 1.97 bits per heavy atom. The number of aryl methyl sites for hydroxylation is 2. The highest BCUT2D eigenvalue weighted by Gasteiger charge is 2.19. The number of rotatable bonds is 8. The van der Waals surface area contributed by atoms with Gasteiger partial charge in [-0.2, -0.15) is 8.78 Å². The van der Waals surface area contributed by atoms with Crippen molar-refractivity contribution in [3.63, 3.8) is 0 Å². The van der Waals surface area contributed by atoms with Gasteiger partial charge in [0.25, 0.3) is 5.56 Å². The summed E-state index contributed by atoms with van der Waals surface area (Å²) in [5.74, 6) is -0.113. The van der Waals surface area contributed by atoms with Crippen LogP contribution < -0.4 is 25.5 Å². The number of nitrogens with one attached hydrogen (secondary N) is 1. The molecule has 0 aliphatic carbocycles. The molecule has 1 atom stereocenters. The molecule has 0 bridgehead atoms. The van der Waals surface area contributed by atoms with E-state index in [2.05, 4.69) is 15.0 Å². The zero-order valence-corrected chi connectivity index (χ0v) is 18.1. The molecule has 1 aromatic carbocycles. The van der Waals surface area contributed by atoms with E-state index < -0.39 is 18.7 Å². The third-order valence-corrected chi connectivity index (χ3v) is 5.11. The molecule has 10 heteroatoms. The Labute approximate surface area is 182 Å². The lowest BCUT2D eigenvalue weighted by Gasteiger charge is -2.23. The van der Waals surface area contributed by atoms with Gasteiger partial charge in [0.1, 0.15) is 12.7 Å². The van der Waals surface area contributed by atoms with Crippen LogP contribution in [0.15, 0.2) is 29.2 Å². The molecule has 1 N–H and O–H groups in total. The van der Waals surface area contributed by atoms with Gasteiger partial charge in [-0.25, -0.2) is 0 Å². The molecule has 2 heterocycles. The van der Waals surface area contributed by atoms with Gasteiger partial charge >= 0.3 is 6.61 Å². The highest BCUT2D eigenvalue weighted by atomic mass is 19.3. The number of hydrogen-bond acceptors (Lipinski definition) is 6. The number of pyridine rings is 2. The molecule has 0 fully saturated rings. The number of amides is 1. The van der Waals surface area contributed by atoms with Crippen LogP contribution in [0, 0.1) is 12.8 Å². The molecular weight excluding hydrogens is 424 g/mol. The van der Waals surface area contributed by atoms with Crippen molar-refractivity contribution >= 4 is 27.8 Å². The third-order valence-electron chi connectivity index (χ3n) is 5.11. The molecule has 0 aliphatic heterocycles. The van der Waals surface area contributed by atoms with Crippen molar-refractivity contribution in [3.05, 3.63) is 40.4 Å². The number of benzene rings is 1. The first kappa shape index (κ1) is 23.2. The van der Waals surface area contributed by atoms with Crippen LogP contribution in [-0.4, -0.2) is 34.9 Å². The van der Waals surface area contributed by atoms with Gasteiger partial charge in [0, 0.05) is 30.1 Å². The zero-order chi connectivity index (χ0) is 23.6. The van der Waals surface area contributed by atoms with Crippen LogP contribution in [0.1, 0.15) is 26.0 Å². The van der Waals surface area contributed by atoms with E-state index in [1.807, 2.05) is 13.8 Å². The van der Waals surface area contributed by atoms with Crippen LogP contribution >= 0.6 is 0 Å². The number of nitrogens with zero attached hydrogens (tertiary/aromatic N) is 2. The first-order chi connectivity index (χ1) is 15.1. The minimum Gasteiger partial charge on any atom is -0.530 e. The number of carbonyl (C=O) groups is 1. The van der Waals surface area contributed by atoms with Gasteiger partial charge in [-0.15, -0.1) is 0 Å². The minimum atomic E-state index is -3.11. The van der Waals surface area contributed by atoms with Crippen molar-refractivity contribution in [2.75, 3.05) is 6.61 Å². The lowest BCUT2D eigenvalue weighted by atomic mass is 10.0. The van der Waals surface area contributed by atoms with E-state index in [1.165, 1.54) is 22.9 Å². The van der Waals surface area contributed by atoms with Crippen LogP contribution in [0.2, 0.25) is 0 Å². The van der Waals surface area contributed by atoms with Crippen molar-refractivity contribution in [3.8, 4) is 11.5 Å². The van der Waals surface area contributed by atoms with Crippen LogP contribution in [0.25, 0.3) is 21.7 Å². The fraction of sp³-hybridized carbons (Fsp3) is 0.409. The Kier molecular flexibility index (Phi) is 6.81. The smallest absolute Gasteiger partial charge is 0.387 e. The second kappa shape index (κ2) is 9.37. The molecule has 1 amide bonds. The summed E-state index contributed by atoms with van der Waals surface area (Å²) in [6.07, 6.45) is 0.526. The quantitative estimate of drug-likeness (QED) is 0.531. The Morgan fingerprint density at radius 1 is 1.25 bits per heavy atom. The molecule has 172 valence electrons. The summed E-state index contributed by atoms with van der Waals surface area (Å²) in [7, 11) is 1.56. The number of carboxylic acid groups (broad SMARTS) is 1. The molecule has 3 aromatic rings. The molecule has 0 saturated carbocycles. The SMILES string of the molecule is Cc1nccc2c1c(=O)n(C)c1cc(OCC(CC(C)C)NC(=O)[O-])c(OC(F)F)cc21. The maximum Gasteiger partial charge on any atom is 0.387 e. The molecule has 0 aliphatic rings. The van der Waals surface area contributed by atoms with Crippen molar-refractivity contribution in [2.45, 2.75) is 39.8 Å². The van der Waals surface area contributed by atoms with Gasteiger partial charge in [0.05, 0.1) is 22.6 Å². The standard InChI is InChI=1S/C22H25F2N3O5/c1-11(2)7-13(26-22(29)30)10-31-17-9-16-15(8-18(17)32-21(23)24)14-5-6-25-12(3)19(14)20(28)27(16)4/h5-6,8-9,11,13,21,26H,7,10H2,1-4H3,(H,29,30)/p-1. The number of ether oxygens (including phenoxy) is 2. The fourth-order valence-corrected chi connectivity index (χ4v) is 3.78. The van der Waals surface area contributed by atoms with E-state index in [0.29, 0.717) is 33.8 Å². The van der Waals surface area contributed by atoms with E-state index in [-0.39, 0.29) is 29.6 Å². The largest absolute Gasteiger partial charge is 0.530 e. The molecular formula is C22H24F2N3O5-. The number of hydrogen-bond donors (Lipinski definition) is 1.